The highest BCUT2D eigenvalue weighted by Crippen LogP contribution is 2.17. The van der Waals surface area contributed by atoms with Crippen LogP contribution < -0.4 is 10.5 Å². The molecule has 1 aromatic heterocycles. The van der Waals surface area contributed by atoms with Crippen molar-refractivity contribution in [2.75, 3.05) is 13.1 Å². The third-order valence-corrected chi connectivity index (χ3v) is 3.71. The lowest BCUT2D eigenvalue weighted by Gasteiger charge is -2.03. The van der Waals surface area contributed by atoms with Gasteiger partial charge in [-0.2, -0.15) is 0 Å². The van der Waals surface area contributed by atoms with Crippen LogP contribution in [-0.4, -0.2) is 31.1 Å². The fourth-order valence-electron chi connectivity index (χ4n) is 0.951. The van der Waals surface area contributed by atoms with Crippen molar-refractivity contribution in [2.45, 2.75) is 11.4 Å². The number of aryl methyl sites for hydroxylation is 1. The van der Waals surface area contributed by atoms with E-state index in [1.165, 1.54) is 10.9 Å². The van der Waals surface area contributed by atoms with Crippen molar-refractivity contribution in [1.82, 2.24) is 14.3 Å². The Balaban J connectivity index is 2.82. The lowest BCUT2D eigenvalue weighted by atomic mass is 10.4. The Hall–Kier alpha value is -0.630. The molecule has 0 saturated heterocycles. The number of nitrogens with zero attached hydrogens (tertiary/aromatic N) is 2. The van der Waals surface area contributed by atoms with Crippen LogP contribution in [0, 0.1) is 0 Å². The van der Waals surface area contributed by atoms with Crippen molar-refractivity contribution in [3.8, 4) is 0 Å². The maximum absolute atomic E-state index is 11.6. The van der Waals surface area contributed by atoms with Crippen LogP contribution >= 0.6 is 11.6 Å². The quantitative estimate of drug-likeness (QED) is 0.704. The van der Waals surface area contributed by atoms with E-state index in [4.69, 9.17) is 17.3 Å². The SMILES string of the molecule is Cn1cnc(S(=O)(=O)NCCCN)c1Cl. The van der Waals surface area contributed by atoms with Gasteiger partial charge in [0.05, 0.1) is 6.33 Å². The molecule has 0 spiro atoms. The van der Waals surface area contributed by atoms with E-state index >= 15 is 0 Å². The first kappa shape index (κ1) is 12.4. The fraction of sp³-hybridized carbons (Fsp3) is 0.571. The van der Waals surface area contributed by atoms with E-state index in [0.29, 0.717) is 13.0 Å². The summed E-state index contributed by atoms with van der Waals surface area (Å²) in [6.45, 7) is 0.713. The Labute approximate surface area is 93.5 Å². The monoisotopic (exact) mass is 252 g/mol. The molecule has 8 heteroatoms. The van der Waals surface area contributed by atoms with Gasteiger partial charge in [0.15, 0.2) is 0 Å². The number of sulfonamides is 1. The lowest BCUT2D eigenvalue weighted by Crippen LogP contribution is -2.26. The van der Waals surface area contributed by atoms with Crippen molar-refractivity contribution in [1.29, 1.82) is 0 Å². The number of nitrogens with two attached hydrogens (primary N) is 1. The summed E-state index contributed by atoms with van der Waals surface area (Å²) in [4.78, 5) is 3.72. The summed E-state index contributed by atoms with van der Waals surface area (Å²) in [5, 5.41) is -0.0565. The molecule has 3 N–H and O–H groups in total. The third kappa shape index (κ3) is 2.91. The van der Waals surface area contributed by atoms with Crippen molar-refractivity contribution in [2.24, 2.45) is 12.8 Å². The highest BCUT2D eigenvalue weighted by molar-refractivity contribution is 7.89. The van der Waals surface area contributed by atoms with Gasteiger partial charge in [0.25, 0.3) is 10.0 Å². The highest BCUT2D eigenvalue weighted by Gasteiger charge is 2.21. The second-order valence-electron chi connectivity index (χ2n) is 2.99. The van der Waals surface area contributed by atoms with E-state index < -0.39 is 10.0 Å². The van der Waals surface area contributed by atoms with Gasteiger partial charge < -0.3 is 10.3 Å². The van der Waals surface area contributed by atoms with Gasteiger partial charge in [-0.05, 0) is 13.0 Å². The molecule has 0 atom stereocenters. The van der Waals surface area contributed by atoms with Crippen molar-refractivity contribution in [3.63, 3.8) is 0 Å². The fourth-order valence-corrected chi connectivity index (χ4v) is 2.45. The molecule has 86 valence electrons. The van der Waals surface area contributed by atoms with Gasteiger partial charge >= 0.3 is 0 Å². The smallest absolute Gasteiger partial charge is 0.261 e. The molecule has 1 rings (SSSR count). The zero-order valence-corrected chi connectivity index (χ0v) is 9.85. The summed E-state index contributed by atoms with van der Waals surface area (Å²) in [5.41, 5.74) is 5.25. The number of nitrogens with one attached hydrogen (secondary N) is 1. The second kappa shape index (κ2) is 4.93. The predicted molar refractivity (Wildman–Crippen MR) is 57.1 cm³/mol. The van der Waals surface area contributed by atoms with Crippen LogP contribution in [0.4, 0.5) is 0 Å². The van der Waals surface area contributed by atoms with Crippen LogP contribution in [0.1, 0.15) is 6.42 Å². The summed E-state index contributed by atoms with van der Waals surface area (Å²) in [7, 11) is -1.99. The standard InChI is InChI=1S/C7H13ClN4O2S/c1-12-5-10-7(6(12)8)15(13,14)11-4-2-3-9/h5,11H,2-4,9H2,1H3. The average Bonchev–Trinajstić information content (AvgIpc) is 2.48. The number of halogens is 1. The number of imidazole rings is 1. The zero-order valence-electron chi connectivity index (χ0n) is 8.27. The molecule has 0 amide bonds. The topological polar surface area (TPSA) is 90.0 Å². The molecule has 1 aromatic rings. The molecular formula is C7H13ClN4O2S. The van der Waals surface area contributed by atoms with Gasteiger partial charge in [0, 0.05) is 13.6 Å². The first-order chi connectivity index (χ1) is 6.99. The molecule has 0 aliphatic rings. The Kier molecular flexibility index (Phi) is 4.09. The van der Waals surface area contributed by atoms with E-state index in [1.807, 2.05) is 0 Å². The Morgan fingerprint density at radius 2 is 2.33 bits per heavy atom. The van der Waals surface area contributed by atoms with Gasteiger partial charge in [-0.15, -0.1) is 0 Å². The minimum Gasteiger partial charge on any atom is -0.330 e. The minimum absolute atomic E-state index is 0.0928. The molecular weight excluding hydrogens is 240 g/mol. The normalized spacial score (nSPS) is 11.9. The molecule has 15 heavy (non-hydrogen) atoms. The Morgan fingerprint density at radius 3 is 2.80 bits per heavy atom. The predicted octanol–water partition coefficient (Wildman–Crippen LogP) is -0.299. The number of aromatic nitrogens is 2. The van der Waals surface area contributed by atoms with Gasteiger partial charge in [-0.25, -0.2) is 18.1 Å². The Morgan fingerprint density at radius 1 is 1.67 bits per heavy atom. The molecule has 0 aliphatic carbocycles. The molecule has 0 aromatic carbocycles. The van der Waals surface area contributed by atoms with Gasteiger partial charge in [-0.3, -0.25) is 0 Å². The maximum atomic E-state index is 11.6. The van der Waals surface area contributed by atoms with E-state index in [1.54, 1.807) is 7.05 Å². The highest BCUT2D eigenvalue weighted by atomic mass is 35.5. The molecule has 0 bridgehead atoms. The van der Waals surface area contributed by atoms with Gasteiger partial charge in [0.2, 0.25) is 5.03 Å². The maximum Gasteiger partial charge on any atom is 0.261 e. The summed E-state index contributed by atoms with van der Waals surface area (Å²) in [6, 6.07) is 0. The number of rotatable bonds is 5. The van der Waals surface area contributed by atoms with Crippen molar-refractivity contribution < 1.29 is 8.42 Å². The molecule has 6 nitrogen and oxygen atoms in total. The summed E-state index contributed by atoms with van der Waals surface area (Å²) in [5.74, 6) is 0. The molecule has 0 fully saturated rings. The van der Waals surface area contributed by atoms with Crippen LogP contribution in [0.5, 0.6) is 0 Å². The zero-order chi connectivity index (χ0) is 11.5. The minimum atomic E-state index is -3.61. The summed E-state index contributed by atoms with van der Waals surface area (Å²) in [6.07, 6.45) is 1.92. The second-order valence-corrected chi connectivity index (χ2v) is 5.03. The molecule has 1 heterocycles. The van der Waals surface area contributed by atoms with Crippen LogP contribution in [0.15, 0.2) is 11.4 Å². The van der Waals surface area contributed by atoms with Crippen LogP contribution in [0.3, 0.4) is 0 Å². The van der Waals surface area contributed by atoms with E-state index in [0.717, 1.165) is 0 Å². The van der Waals surface area contributed by atoms with Crippen molar-refractivity contribution >= 4 is 21.6 Å². The van der Waals surface area contributed by atoms with Crippen LogP contribution in [0.2, 0.25) is 5.15 Å². The molecule has 0 saturated carbocycles. The largest absolute Gasteiger partial charge is 0.330 e. The van der Waals surface area contributed by atoms with Crippen molar-refractivity contribution in [3.05, 3.63) is 11.5 Å². The van der Waals surface area contributed by atoms with E-state index in [-0.39, 0.29) is 16.7 Å². The van der Waals surface area contributed by atoms with Gasteiger partial charge in [0.1, 0.15) is 5.15 Å². The first-order valence-electron chi connectivity index (χ1n) is 4.35. The van der Waals surface area contributed by atoms with E-state index in [2.05, 4.69) is 9.71 Å². The number of hydrogen-bond donors (Lipinski definition) is 2. The van der Waals surface area contributed by atoms with Crippen LogP contribution in [0.25, 0.3) is 0 Å². The molecule has 0 unspecified atom stereocenters. The van der Waals surface area contributed by atoms with Gasteiger partial charge in [-0.1, -0.05) is 11.6 Å². The summed E-state index contributed by atoms with van der Waals surface area (Å²) >= 11 is 5.76. The number of hydrogen-bond acceptors (Lipinski definition) is 4. The summed E-state index contributed by atoms with van der Waals surface area (Å²) < 4.78 is 27.0. The lowest BCUT2D eigenvalue weighted by molar-refractivity contribution is 0.576. The molecule has 0 radical (unpaired) electrons. The van der Waals surface area contributed by atoms with Crippen LogP contribution in [-0.2, 0) is 17.1 Å². The average molecular weight is 253 g/mol. The first-order valence-corrected chi connectivity index (χ1v) is 6.21. The third-order valence-electron chi connectivity index (χ3n) is 1.76. The molecule has 0 aliphatic heterocycles. The Bertz CT molecular complexity index is 428. The van der Waals surface area contributed by atoms with E-state index in [9.17, 15) is 8.42 Å².